The predicted octanol–water partition coefficient (Wildman–Crippen LogP) is 2.24. The van der Waals surface area contributed by atoms with Crippen molar-refractivity contribution in [3.63, 3.8) is 0 Å². The van der Waals surface area contributed by atoms with Crippen LogP contribution in [0.4, 0.5) is 0 Å². The minimum atomic E-state index is 0.0508. The van der Waals surface area contributed by atoms with E-state index >= 15 is 0 Å². The Kier molecular flexibility index (Phi) is 5.10. The van der Waals surface area contributed by atoms with Crippen molar-refractivity contribution in [1.82, 2.24) is 15.2 Å². The molecule has 0 aromatic carbocycles. The maximum atomic E-state index is 9.05. The zero-order chi connectivity index (χ0) is 15.2. The molecule has 0 amide bonds. The van der Waals surface area contributed by atoms with Crippen molar-refractivity contribution in [2.24, 2.45) is 10.9 Å². The molecule has 2 rings (SSSR count). The molecular weight excluding hydrogens is 286 g/mol. The summed E-state index contributed by atoms with van der Waals surface area (Å²) < 4.78 is 0. The van der Waals surface area contributed by atoms with Gasteiger partial charge in [0.1, 0.15) is 10.1 Å². The number of hydrogen-bond acceptors (Lipinski definition) is 6. The largest absolute Gasteiger partial charge is 0.409 e. The molecule has 0 aliphatic carbocycles. The molecule has 0 atom stereocenters. The highest BCUT2D eigenvalue weighted by Gasteiger charge is 2.19. The number of amidine groups is 1. The predicted molar refractivity (Wildman–Crippen MR) is 81.7 cm³/mol. The van der Waals surface area contributed by atoms with E-state index in [-0.39, 0.29) is 5.84 Å². The smallest absolute Gasteiger partial charge is 0.173 e. The van der Waals surface area contributed by atoms with E-state index in [2.05, 4.69) is 20.3 Å². The topological polar surface area (TPSA) is 97.3 Å². The van der Waals surface area contributed by atoms with E-state index in [0.717, 1.165) is 29.1 Å². The summed E-state index contributed by atoms with van der Waals surface area (Å²) in [6.45, 7) is 4.02. The molecule has 0 fully saturated rings. The first-order chi connectivity index (χ1) is 10.2. The van der Waals surface area contributed by atoms with Crippen LogP contribution in [0, 0.1) is 0 Å². The second kappa shape index (κ2) is 7.03. The van der Waals surface area contributed by atoms with Gasteiger partial charge in [-0.25, -0.2) is 4.98 Å². The highest BCUT2D eigenvalue weighted by Crippen LogP contribution is 2.29. The Balaban J connectivity index is 2.55. The lowest BCUT2D eigenvalue weighted by Crippen LogP contribution is -2.20. The fourth-order valence-electron chi connectivity index (χ4n) is 2.05. The minimum absolute atomic E-state index is 0.0508. The van der Waals surface area contributed by atoms with E-state index in [1.54, 1.807) is 6.20 Å². The van der Waals surface area contributed by atoms with Crippen LogP contribution in [-0.2, 0) is 12.8 Å². The number of hydrogen-bond donors (Lipinski definition) is 2. The molecular formula is C14H17N5OS. The molecule has 0 bridgehead atoms. The summed E-state index contributed by atoms with van der Waals surface area (Å²) in [5, 5.41) is 22.0. The Labute approximate surface area is 127 Å². The summed E-state index contributed by atoms with van der Waals surface area (Å²) in [6, 6.07) is 5.62. The molecule has 2 aromatic heterocycles. The van der Waals surface area contributed by atoms with Gasteiger partial charge in [0, 0.05) is 6.20 Å². The summed E-state index contributed by atoms with van der Waals surface area (Å²) in [7, 11) is 0. The third-order valence-electron chi connectivity index (χ3n) is 3.02. The van der Waals surface area contributed by atoms with E-state index in [1.807, 2.05) is 32.0 Å². The molecule has 0 saturated heterocycles. The van der Waals surface area contributed by atoms with Crippen LogP contribution in [0.15, 0.2) is 39.6 Å². The van der Waals surface area contributed by atoms with Crippen LogP contribution in [0.2, 0.25) is 0 Å². The lowest BCUT2D eigenvalue weighted by molar-refractivity contribution is 0.318. The highest BCUT2D eigenvalue weighted by atomic mass is 32.2. The molecule has 2 heterocycles. The number of aromatic nitrogens is 3. The molecule has 0 spiro atoms. The summed E-state index contributed by atoms with van der Waals surface area (Å²) in [4.78, 5) is 4.25. The van der Waals surface area contributed by atoms with Crippen molar-refractivity contribution in [3.8, 4) is 0 Å². The van der Waals surface area contributed by atoms with Crippen LogP contribution in [-0.4, -0.2) is 26.2 Å². The van der Waals surface area contributed by atoms with Crippen LogP contribution in [0.1, 0.15) is 30.7 Å². The van der Waals surface area contributed by atoms with Crippen molar-refractivity contribution < 1.29 is 5.21 Å². The van der Waals surface area contributed by atoms with Crippen LogP contribution in [0.3, 0.4) is 0 Å². The average Bonchev–Trinajstić information content (AvgIpc) is 2.54. The van der Waals surface area contributed by atoms with Gasteiger partial charge in [-0.15, -0.1) is 5.10 Å². The second-order valence-corrected chi connectivity index (χ2v) is 5.28. The van der Waals surface area contributed by atoms with E-state index in [1.165, 1.54) is 11.8 Å². The molecule has 0 unspecified atom stereocenters. The number of rotatable bonds is 5. The zero-order valence-corrected chi connectivity index (χ0v) is 12.8. The molecule has 21 heavy (non-hydrogen) atoms. The van der Waals surface area contributed by atoms with Crippen LogP contribution < -0.4 is 5.73 Å². The van der Waals surface area contributed by atoms with Crippen molar-refractivity contribution in [3.05, 3.63) is 41.2 Å². The van der Waals surface area contributed by atoms with E-state index in [0.29, 0.717) is 10.6 Å². The lowest BCUT2D eigenvalue weighted by atomic mass is 10.0. The SMILES string of the molecule is CCc1nnc(Sc2ccccn2)c(C(N)=NO)c1CC. The first-order valence-corrected chi connectivity index (χ1v) is 7.48. The molecule has 0 aliphatic heterocycles. The maximum Gasteiger partial charge on any atom is 0.173 e. The maximum absolute atomic E-state index is 9.05. The summed E-state index contributed by atoms with van der Waals surface area (Å²) in [6.07, 6.45) is 3.19. The van der Waals surface area contributed by atoms with Crippen LogP contribution in [0.5, 0.6) is 0 Å². The number of aryl methyl sites for hydroxylation is 1. The number of nitrogens with zero attached hydrogens (tertiary/aromatic N) is 4. The number of pyridine rings is 1. The standard InChI is InChI=1S/C14H17N5OS/c1-3-9-10(4-2)17-18-14(12(9)13(15)19-20)21-11-7-5-6-8-16-11/h5-8,20H,3-4H2,1-2H3,(H2,15,19). The Morgan fingerprint density at radius 3 is 2.67 bits per heavy atom. The van der Waals surface area contributed by atoms with Crippen molar-refractivity contribution >= 4 is 17.6 Å². The minimum Gasteiger partial charge on any atom is -0.409 e. The molecule has 7 heteroatoms. The second-order valence-electron chi connectivity index (χ2n) is 4.27. The van der Waals surface area contributed by atoms with Crippen molar-refractivity contribution in [2.45, 2.75) is 36.7 Å². The van der Waals surface area contributed by atoms with Gasteiger partial charge in [0.15, 0.2) is 5.84 Å². The van der Waals surface area contributed by atoms with Gasteiger partial charge in [-0.3, -0.25) is 0 Å². The third kappa shape index (κ3) is 3.30. The Hall–Kier alpha value is -2.15. The summed E-state index contributed by atoms with van der Waals surface area (Å²) in [5.41, 5.74) is 8.31. The monoisotopic (exact) mass is 303 g/mol. The molecule has 110 valence electrons. The Morgan fingerprint density at radius 1 is 1.29 bits per heavy atom. The summed E-state index contributed by atoms with van der Waals surface area (Å²) >= 11 is 1.35. The highest BCUT2D eigenvalue weighted by molar-refractivity contribution is 7.99. The average molecular weight is 303 g/mol. The van der Waals surface area contributed by atoms with Gasteiger partial charge in [0.05, 0.1) is 11.3 Å². The summed E-state index contributed by atoms with van der Waals surface area (Å²) in [5.74, 6) is 0.0508. The first-order valence-electron chi connectivity index (χ1n) is 6.66. The quantitative estimate of drug-likeness (QED) is 0.380. The molecule has 0 aliphatic rings. The first kappa shape index (κ1) is 15.2. The number of oxime groups is 1. The van der Waals surface area contributed by atoms with Gasteiger partial charge < -0.3 is 10.9 Å². The fourth-order valence-corrected chi connectivity index (χ4v) is 2.92. The Morgan fingerprint density at radius 2 is 2.10 bits per heavy atom. The van der Waals surface area contributed by atoms with Gasteiger partial charge in [0.2, 0.25) is 0 Å². The van der Waals surface area contributed by atoms with Gasteiger partial charge in [-0.2, -0.15) is 5.10 Å². The van der Waals surface area contributed by atoms with E-state index in [4.69, 9.17) is 10.9 Å². The lowest BCUT2D eigenvalue weighted by Gasteiger charge is -2.13. The molecule has 6 nitrogen and oxygen atoms in total. The normalized spacial score (nSPS) is 11.6. The van der Waals surface area contributed by atoms with Gasteiger partial charge in [-0.1, -0.05) is 25.1 Å². The molecule has 3 N–H and O–H groups in total. The van der Waals surface area contributed by atoms with Gasteiger partial charge in [0.25, 0.3) is 0 Å². The van der Waals surface area contributed by atoms with Crippen molar-refractivity contribution in [1.29, 1.82) is 0 Å². The fraction of sp³-hybridized carbons (Fsp3) is 0.286. The van der Waals surface area contributed by atoms with Crippen LogP contribution in [0.25, 0.3) is 0 Å². The molecule has 2 aromatic rings. The van der Waals surface area contributed by atoms with Crippen molar-refractivity contribution in [2.75, 3.05) is 0 Å². The third-order valence-corrected chi connectivity index (χ3v) is 3.95. The van der Waals surface area contributed by atoms with E-state index < -0.39 is 0 Å². The van der Waals surface area contributed by atoms with Gasteiger partial charge in [-0.05, 0) is 42.3 Å². The molecule has 0 saturated carbocycles. The molecule has 0 radical (unpaired) electrons. The zero-order valence-electron chi connectivity index (χ0n) is 11.9. The van der Waals surface area contributed by atoms with Gasteiger partial charge >= 0.3 is 0 Å². The van der Waals surface area contributed by atoms with E-state index in [9.17, 15) is 0 Å². The van der Waals surface area contributed by atoms with Crippen LogP contribution >= 0.6 is 11.8 Å². The Bertz CT molecular complexity index is 645. The number of nitrogens with two attached hydrogens (primary N) is 1.